The summed E-state index contributed by atoms with van der Waals surface area (Å²) in [6, 6.07) is 0. The normalized spacial score (nSPS) is 27.2. The van der Waals surface area contributed by atoms with Crippen molar-refractivity contribution in [3.8, 4) is 0 Å². The number of aromatic amines is 2. The first-order chi connectivity index (χ1) is 11.0. The Labute approximate surface area is 131 Å². The smallest absolute Gasteiger partial charge is 0.394 e. The number of nitrogens with one attached hydrogen (secondary N) is 2. The lowest BCUT2D eigenvalue weighted by Crippen LogP contribution is -2.36. The average Bonchev–Trinajstić information content (AvgIpc) is 2.72. The van der Waals surface area contributed by atoms with E-state index in [0.717, 1.165) is 0 Å². The van der Waals surface area contributed by atoms with E-state index in [1.807, 2.05) is 4.98 Å². The Morgan fingerprint density at radius 3 is 2.33 bits per heavy atom. The van der Waals surface area contributed by atoms with Crippen molar-refractivity contribution >= 4 is 13.8 Å². The molecule has 1 aliphatic rings. The molecule has 0 saturated carbocycles. The van der Waals surface area contributed by atoms with Crippen molar-refractivity contribution in [1.29, 1.82) is 0 Å². The Morgan fingerprint density at radius 1 is 1.21 bits per heavy atom. The van der Waals surface area contributed by atoms with Crippen molar-refractivity contribution < 1.29 is 43.7 Å². The first kappa shape index (κ1) is 18.5. The van der Waals surface area contributed by atoms with Gasteiger partial charge in [-0.3, -0.25) is 19.6 Å². The molecule has 0 amide bonds. The Balaban J connectivity index is 2.54. The van der Waals surface area contributed by atoms with Crippen LogP contribution in [0.1, 0.15) is 22.2 Å². The maximum absolute atomic E-state index is 12.0. The number of hydrogen-bond acceptors (Lipinski definition) is 9. The highest BCUT2D eigenvalue weighted by molar-refractivity contribution is 7.46. The molecule has 134 valence electrons. The number of hydrogen-bond donors (Lipinski definition) is 7. The lowest BCUT2D eigenvalue weighted by atomic mass is 10.0. The topological polar surface area (TPSA) is 219 Å². The summed E-state index contributed by atoms with van der Waals surface area (Å²) in [5.74, 6) is -1.75. The van der Waals surface area contributed by atoms with Crippen LogP contribution in [0.2, 0.25) is 0 Å². The molecule has 0 bridgehead atoms. The van der Waals surface area contributed by atoms with Crippen LogP contribution in [0.3, 0.4) is 0 Å². The van der Waals surface area contributed by atoms with E-state index in [9.17, 15) is 29.2 Å². The third-order valence-electron chi connectivity index (χ3n) is 3.21. The van der Waals surface area contributed by atoms with E-state index in [-0.39, 0.29) is 0 Å². The fraction of sp³-hybridized carbons (Fsp3) is 0.500. The third-order valence-corrected chi connectivity index (χ3v) is 3.62. The molecule has 1 fully saturated rings. The minimum Gasteiger partial charge on any atom is -0.394 e. The molecular formula is C10H13N2O11P. The summed E-state index contributed by atoms with van der Waals surface area (Å²) in [5.41, 5.74) is -4.10. The van der Waals surface area contributed by atoms with Crippen LogP contribution in [0, 0.1) is 0 Å². The summed E-state index contributed by atoms with van der Waals surface area (Å²) >= 11 is 0. The summed E-state index contributed by atoms with van der Waals surface area (Å²) in [6.45, 7) is -0.724. The number of carbonyl (C=O) groups excluding carboxylic acids is 1. The lowest BCUT2D eigenvalue weighted by molar-refractivity contribution is -0.0235. The van der Waals surface area contributed by atoms with Gasteiger partial charge in [0.2, 0.25) is 0 Å². The van der Waals surface area contributed by atoms with Gasteiger partial charge >= 0.3 is 19.5 Å². The first-order valence-corrected chi connectivity index (χ1v) is 7.86. The second kappa shape index (κ2) is 6.57. The van der Waals surface area contributed by atoms with Crippen molar-refractivity contribution in [1.82, 2.24) is 9.97 Å². The van der Waals surface area contributed by atoms with E-state index in [4.69, 9.17) is 19.6 Å². The zero-order chi connectivity index (χ0) is 18.2. The van der Waals surface area contributed by atoms with Gasteiger partial charge < -0.3 is 29.6 Å². The highest BCUT2D eigenvalue weighted by Gasteiger charge is 2.46. The highest BCUT2D eigenvalue weighted by Crippen LogP contribution is 2.38. The molecule has 4 atom stereocenters. The number of aliphatic hydroxyl groups is 3. The van der Waals surface area contributed by atoms with Crippen molar-refractivity contribution in [2.24, 2.45) is 0 Å². The van der Waals surface area contributed by atoms with Crippen LogP contribution in [-0.4, -0.2) is 66.0 Å². The van der Waals surface area contributed by atoms with Crippen LogP contribution in [0.15, 0.2) is 9.59 Å². The quantitative estimate of drug-likeness (QED) is 0.258. The number of H-pyrrole nitrogens is 2. The molecule has 2 rings (SSSR count). The van der Waals surface area contributed by atoms with Crippen molar-refractivity contribution in [3.63, 3.8) is 0 Å². The maximum Gasteiger partial charge on any atom is 0.527 e. The Kier molecular flexibility index (Phi) is 5.05. The van der Waals surface area contributed by atoms with Gasteiger partial charge in [-0.15, -0.1) is 0 Å². The van der Waals surface area contributed by atoms with E-state index in [0.29, 0.717) is 0 Å². The summed E-state index contributed by atoms with van der Waals surface area (Å²) in [7, 11) is -5.29. The van der Waals surface area contributed by atoms with Gasteiger partial charge in [0.05, 0.1) is 12.2 Å². The predicted octanol–water partition coefficient (Wildman–Crippen LogP) is -3.53. The molecule has 1 saturated heterocycles. The molecule has 7 N–H and O–H groups in total. The number of aliphatic hydroxyl groups excluding tert-OH is 3. The summed E-state index contributed by atoms with van der Waals surface area (Å²) in [6.07, 6.45) is -6.34. The minimum absolute atomic E-state index is 0.724. The van der Waals surface area contributed by atoms with Gasteiger partial charge in [-0.1, -0.05) is 0 Å². The van der Waals surface area contributed by atoms with Gasteiger partial charge in [0.1, 0.15) is 30.1 Å². The fourth-order valence-corrected chi connectivity index (χ4v) is 2.53. The number of rotatable bonds is 4. The molecule has 0 aromatic carbocycles. The van der Waals surface area contributed by atoms with Crippen molar-refractivity contribution in [2.45, 2.75) is 24.4 Å². The molecule has 1 aromatic rings. The highest BCUT2D eigenvalue weighted by atomic mass is 31.2. The minimum atomic E-state index is -5.29. The number of aromatic nitrogens is 2. The standard InChI is InChI=1S/C10H13N2O11P/c13-1-2-5(14)6(15)7(22-2)3-4(9(17)23-24(19,20)21)11-10(18)12-8(3)16/h2,5-7,13-15H,1H2,(H2,19,20,21)(H2,11,12,16,18)/t2-,5-,6-,7?/m1/s1. The van der Waals surface area contributed by atoms with Gasteiger partial charge in [-0.05, 0) is 0 Å². The van der Waals surface area contributed by atoms with Crippen molar-refractivity contribution in [3.05, 3.63) is 32.1 Å². The van der Waals surface area contributed by atoms with E-state index >= 15 is 0 Å². The molecule has 1 aliphatic heterocycles. The Hall–Kier alpha value is -1.86. The summed E-state index contributed by atoms with van der Waals surface area (Å²) < 4.78 is 19.6. The van der Waals surface area contributed by atoms with Crippen molar-refractivity contribution in [2.75, 3.05) is 6.61 Å². The SMILES string of the molecule is O=C(OP(=O)(O)O)c1[nH]c(=O)[nH]c(=O)c1C1O[C@H](CO)[C@@H](O)[C@H]1O. The molecule has 24 heavy (non-hydrogen) atoms. The fourth-order valence-electron chi connectivity index (χ4n) is 2.22. The lowest BCUT2D eigenvalue weighted by Gasteiger charge is -2.16. The first-order valence-electron chi connectivity index (χ1n) is 6.33. The number of carbonyl (C=O) groups is 1. The number of ether oxygens (including phenoxy) is 1. The van der Waals surface area contributed by atoms with Gasteiger partial charge in [-0.2, -0.15) is 0 Å². The van der Waals surface area contributed by atoms with E-state index in [1.54, 1.807) is 4.98 Å². The van der Waals surface area contributed by atoms with Crippen LogP contribution in [0.4, 0.5) is 0 Å². The molecule has 1 aromatic heterocycles. The van der Waals surface area contributed by atoms with Gasteiger partial charge in [0.25, 0.3) is 5.56 Å². The molecule has 14 heteroatoms. The molecule has 0 aliphatic carbocycles. The summed E-state index contributed by atoms with van der Waals surface area (Å²) in [4.78, 5) is 55.9. The zero-order valence-corrected chi connectivity index (χ0v) is 12.5. The zero-order valence-electron chi connectivity index (χ0n) is 11.6. The van der Waals surface area contributed by atoms with E-state index in [2.05, 4.69) is 4.52 Å². The van der Waals surface area contributed by atoms with Gasteiger partial charge in [0, 0.05) is 0 Å². The van der Waals surface area contributed by atoms with Crippen LogP contribution >= 0.6 is 7.82 Å². The van der Waals surface area contributed by atoms with Crippen LogP contribution < -0.4 is 11.2 Å². The van der Waals surface area contributed by atoms with E-state index < -0.39 is 67.3 Å². The maximum atomic E-state index is 12.0. The second-order valence-electron chi connectivity index (χ2n) is 4.83. The molecule has 13 nitrogen and oxygen atoms in total. The Morgan fingerprint density at radius 2 is 1.83 bits per heavy atom. The van der Waals surface area contributed by atoms with Gasteiger partial charge in [-0.25, -0.2) is 14.2 Å². The molecule has 2 heterocycles. The monoisotopic (exact) mass is 368 g/mol. The number of phosphoric acid groups is 1. The molecule has 1 unspecified atom stereocenters. The molecule has 0 radical (unpaired) electrons. The molecular weight excluding hydrogens is 355 g/mol. The van der Waals surface area contributed by atoms with Crippen LogP contribution in [0.25, 0.3) is 0 Å². The second-order valence-corrected chi connectivity index (χ2v) is 5.99. The largest absolute Gasteiger partial charge is 0.527 e. The van der Waals surface area contributed by atoms with Gasteiger partial charge in [0.15, 0.2) is 0 Å². The molecule has 0 spiro atoms. The third kappa shape index (κ3) is 3.62. The van der Waals surface area contributed by atoms with Crippen LogP contribution in [-0.2, 0) is 13.8 Å². The Bertz CT molecular complexity index is 795. The number of phosphoric ester groups is 1. The summed E-state index contributed by atoms with van der Waals surface area (Å²) in [5, 5.41) is 28.6. The predicted molar refractivity (Wildman–Crippen MR) is 71.9 cm³/mol. The van der Waals surface area contributed by atoms with E-state index in [1.165, 1.54) is 0 Å². The average molecular weight is 368 g/mol. The van der Waals surface area contributed by atoms with Crippen LogP contribution in [0.5, 0.6) is 0 Å².